The van der Waals surface area contributed by atoms with Gasteiger partial charge in [-0.3, -0.25) is 4.79 Å². The summed E-state index contributed by atoms with van der Waals surface area (Å²) in [6.45, 7) is 5.80. The van der Waals surface area contributed by atoms with Crippen molar-refractivity contribution in [3.8, 4) is 5.75 Å². The molecular formula is C12H15ClO2. The van der Waals surface area contributed by atoms with E-state index in [0.29, 0.717) is 5.75 Å². The number of rotatable bonds is 4. The second-order valence-electron chi connectivity index (χ2n) is 3.90. The van der Waals surface area contributed by atoms with E-state index in [-0.39, 0.29) is 5.92 Å². The molecule has 0 aliphatic carbocycles. The lowest BCUT2D eigenvalue weighted by molar-refractivity contribution is -0.119. The zero-order valence-corrected chi connectivity index (χ0v) is 9.91. The van der Waals surface area contributed by atoms with Gasteiger partial charge in [0, 0.05) is 0 Å². The fraction of sp³-hybridized carbons (Fsp3) is 0.417. The number of benzene rings is 1. The van der Waals surface area contributed by atoms with Gasteiger partial charge in [0.15, 0.2) is 6.10 Å². The van der Waals surface area contributed by atoms with Crippen molar-refractivity contribution in [3.05, 3.63) is 29.8 Å². The summed E-state index contributed by atoms with van der Waals surface area (Å²) < 4.78 is 5.51. The number of hydrogen-bond acceptors (Lipinski definition) is 2. The number of ether oxygens (including phenoxy) is 1. The monoisotopic (exact) mass is 226 g/mol. The van der Waals surface area contributed by atoms with Crippen molar-refractivity contribution in [1.29, 1.82) is 0 Å². The Morgan fingerprint density at radius 3 is 2.20 bits per heavy atom. The van der Waals surface area contributed by atoms with E-state index < -0.39 is 11.3 Å². The topological polar surface area (TPSA) is 26.3 Å². The van der Waals surface area contributed by atoms with Crippen LogP contribution in [-0.2, 0) is 4.79 Å². The summed E-state index contributed by atoms with van der Waals surface area (Å²) in [6.07, 6.45) is -0.575. The molecule has 0 aliphatic heterocycles. The quantitative estimate of drug-likeness (QED) is 0.738. The van der Waals surface area contributed by atoms with Crippen molar-refractivity contribution in [3.63, 3.8) is 0 Å². The fourth-order valence-corrected chi connectivity index (χ4v) is 1.50. The van der Waals surface area contributed by atoms with Gasteiger partial charge in [0.25, 0.3) is 5.24 Å². The van der Waals surface area contributed by atoms with Crippen molar-refractivity contribution in [2.45, 2.75) is 26.9 Å². The van der Waals surface area contributed by atoms with Gasteiger partial charge in [0.2, 0.25) is 0 Å². The molecule has 0 heterocycles. The standard InChI is InChI=1S/C12H15ClO2/c1-8(2)11(12(13)14)15-10-6-4-9(3)5-7-10/h4-8,11H,1-3H3/t11-/m1/s1. The Kier molecular flexibility index (Phi) is 4.15. The van der Waals surface area contributed by atoms with Crippen LogP contribution in [-0.4, -0.2) is 11.3 Å². The van der Waals surface area contributed by atoms with E-state index in [0.717, 1.165) is 5.56 Å². The molecule has 0 fully saturated rings. The molecule has 0 aromatic heterocycles. The van der Waals surface area contributed by atoms with E-state index in [1.54, 1.807) is 0 Å². The minimum Gasteiger partial charge on any atom is -0.481 e. The second kappa shape index (κ2) is 5.17. The largest absolute Gasteiger partial charge is 0.481 e. The Morgan fingerprint density at radius 2 is 1.80 bits per heavy atom. The van der Waals surface area contributed by atoms with Crippen LogP contribution in [0.1, 0.15) is 19.4 Å². The van der Waals surface area contributed by atoms with Crippen molar-refractivity contribution in [2.75, 3.05) is 0 Å². The Bertz CT molecular complexity index is 330. The molecule has 1 rings (SSSR count). The van der Waals surface area contributed by atoms with Crippen molar-refractivity contribution in [1.82, 2.24) is 0 Å². The van der Waals surface area contributed by atoms with Crippen LogP contribution < -0.4 is 4.74 Å². The Labute approximate surface area is 95.2 Å². The average molecular weight is 227 g/mol. The lowest BCUT2D eigenvalue weighted by atomic mass is 10.1. The third kappa shape index (κ3) is 3.56. The summed E-state index contributed by atoms with van der Waals surface area (Å²) in [5, 5.41) is -0.453. The highest BCUT2D eigenvalue weighted by Crippen LogP contribution is 2.18. The zero-order valence-electron chi connectivity index (χ0n) is 9.16. The third-order valence-corrected chi connectivity index (χ3v) is 2.33. The Morgan fingerprint density at radius 1 is 1.27 bits per heavy atom. The van der Waals surface area contributed by atoms with Crippen LogP contribution in [0.25, 0.3) is 0 Å². The maximum Gasteiger partial charge on any atom is 0.262 e. The second-order valence-corrected chi connectivity index (χ2v) is 4.27. The molecule has 0 bridgehead atoms. The van der Waals surface area contributed by atoms with Gasteiger partial charge in [-0.05, 0) is 36.6 Å². The van der Waals surface area contributed by atoms with Crippen LogP contribution in [0, 0.1) is 12.8 Å². The minimum absolute atomic E-state index is 0.0660. The molecule has 0 saturated carbocycles. The zero-order chi connectivity index (χ0) is 11.4. The molecule has 3 heteroatoms. The van der Waals surface area contributed by atoms with Gasteiger partial charge >= 0.3 is 0 Å². The molecule has 0 radical (unpaired) electrons. The van der Waals surface area contributed by atoms with Crippen LogP contribution in [0.15, 0.2) is 24.3 Å². The highest BCUT2D eigenvalue weighted by atomic mass is 35.5. The smallest absolute Gasteiger partial charge is 0.262 e. The molecule has 0 unspecified atom stereocenters. The van der Waals surface area contributed by atoms with Gasteiger partial charge in [-0.15, -0.1) is 0 Å². The first-order valence-electron chi connectivity index (χ1n) is 4.93. The normalized spacial score (nSPS) is 12.6. The van der Waals surface area contributed by atoms with Crippen molar-refractivity contribution in [2.24, 2.45) is 5.92 Å². The fourth-order valence-electron chi connectivity index (χ4n) is 1.21. The first-order chi connectivity index (χ1) is 7.00. The summed E-state index contributed by atoms with van der Waals surface area (Å²) in [6, 6.07) is 7.55. The van der Waals surface area contributed by atoms with Crippen LogP contribution in [0.5, 0.6) is 5.75 Å². The number of aryl methyl sites for hydroxylation is 1. The van der Waals surface area contributed by atoms with E-state index in [2.05, 4.69) is 0 Å². The average Bonchev–Trinajstić information content (AvgIpc) is 2.15. The van der Waals surface area contributed by atoms with Crippen LogP contribution in [0.3, 0.4) is 0 Å². The Hall–Kier alpha value is -1.02. The highest BCUT2D eigenvalue weighted by Gasteiger charge is 2.22. The van der Waals surface area contributed by atoms with Gasteiger partial charge < -0.3 is 4.74 Å². The van der Waals surface area contributed by atoms with Crippen molar-refractivity contribution < 1.29 is 9.53 Å². The SMILES string of the molecule is Cc1ccc(O[C@@H](C(=O)Cl)C(C)C)cc1. The maximum absolute atomic E-state index is 11.1. The molecule has 82 valence electrons. The molecule has 2 nitrogen and oxygen atoms in total. The Balaban J connectivity index is 2.74. The van der Waals surface area contributed by atoms with Gasteiger partial charge in [-0.2, -0.15) is 0 Å². The third-order valence-electron chi connectivity index (χ3n) is 2.11. The molecular weight excluding hydrogens is 212 g/mol. The molecule has 0 amide bonds. The lowest BCUT2D eigenvalue weighted by Gasteiger charge is -2.18. The predicted octanol–water partition coefficient (Wildman–Crippen LogP) is 3.16. The maximum atomic E-state index is 11.1. The molecule has 1 atom stereocenters. The van der Waals surface area contributed by atoms with E-state index >= 15 is 0 Å². The van der Waals surface area contributed by atoms with E-state index in [4.69, 9.17) is 16.3 Å². The van der Waals surface area contributed by atoms with Gasteiger partial charge in [0.05, 0.1) is 0 Å². The molecule has 0 saturated heterocycles. The van der Waals surface area contributed by atoms with Crippen LogP contribution >= 0.6 is 11.6 Å². The van der Waals surface area contributed by atoms with E-state index in [9.17, 15) is 4.79 Å². The number of carbonyl (C=O) groups excluding carboxylic acids is 1. The van der Waals surface area contributed by atoms with Gasteiger partial charge in [-0.25, -0.2) is 0 Å². The number of hydrogen-bond donors (Lipinski definition) is 0. The van der Waals surface area contributed by atoms with Crippen molar-refractivity contribution >= 4 is 16.8 Å². The molecule has 1 aromatic rings. The summed E-state index contributed by atoms with van der Waals surface area (Å²) in [4.78, 5) is 11.1. The highest BCUT2D eigenvalue weighted by molar-refractivity contribution is 6.64. The predicted molar refractivity (Wildman–Crippen MR) is 61.3 cm³/mol. The van der Waals surface area contributed by atoms with E-state index in [1.807, 2.05) is 45.0 Å². The number of halogens is 1. The molecule has 15 heavy (non-hydrogen) atoms. The summed E-state index contributed by atoms with van der Waals surface area (Å²) in [7, 11) is 0. The minimum atomic E-state index is -0.575. The summed E-state index contributed by atoms with van der Waals surface area (Å²) in [5.41, 5.74) is 1.15. The lowest BCUT2D eigenvalue weighted by Crippen LogP contribution is -2.29. The molecule has 0 aliphatic rings. The number of carbonyl (C=O) groups is 1. The van der Waals surface area contributed by atoms with Gasteiger partial charge in [0.1, 0.15) is 5.75 Å². The van der Waals surface area contributed by atoms with E-state index in [1.165, 1.54) is 0 Å². The van der Waals surface area contributed by atoms with Gasteiger partial charge in [-0.1, -0.05) is 31.5 Å². The first kappa shape index (κ1) is 12.1. The molecule has 0 spiro atoms. The summed E-state index contributed by atoms with van der Waals surface area (Å²) in [5.74, 6) is 0.740. The van der Waals surface area contributed by atoms with Crippen LogP contribution in [0.4, 0.5) is 0 Å². The first-order valence-corrected chi connectivity index (χ1v) is 5.31. The summed E-state index contributed by atoms with van der Waals surface area (Å²) >= 11 is 5.46. The van der Waals surface area contributed by atoms with Crippen LogP contribution in [0.2, 0.25) is 0 Å². The molecule has 1 aromatic carbocycles. The molecule has 0 N–H and O–H groups in total.